The number of carbonyl (C=O) groups excluding carboxylic acids is 2. The first-order valence-electron chi connectivity index (χ1n) is 9.92. The number of nitrogens with one attached hydrogen (secondary N) is 2. The van der Waals surface area contributed by atoms with Gasteiger partial charge < -0.3 is 4.74 Å². The molecule has 0 saturated carbocycles. The zero-order valence-corrected chi connectivity index (χ0v) is 17.4. The summed E-state index contributed by atoms with van der Waals surface area (Å²) in [5.74, 6) is 0.109. The Morgan fingerprint density at radius 1 is 1.00 bits per heavy atom. The van der Waals surface area contributed by atoms with Gasteiger partial charge in [0.25, 0.3) is 11.8 Å². The predicted octanol–water partition coefficient (Wildman–Crippen LogP) is 4.51. The van der Waals surface area contributed by atoms with Gasteiger partial charge in [-0.25, -0.2) is 0 Å². The summed E-state index contributed by atoms with van der Waals surface area (Å²) in [6, 6.07) is 19.8. The number of fused-ring (bicyclic) bond motifs is 1. The number of carbonyl (C=O) groups is 2. The summed E-state index contributed by atoms with van der Waals surface area (Å²) < 4.78 is 5.67. The van der Waals surface area contributed by atoms with E-state index >= 15 is 0 Å². The second kappa shape index (κ2) is 9.74. The number of hydrogen-bond donors (Lipinski definition) is 2. The van der Waals surface area contributed by atoms with Crippen molar-refractivity contribution in [2.75, 3.05) is 6.61 Å². The number of ether oxygens (including phenoxy) is 1. The molecule has 2 amide bonds. The molecule has 0 atom stereocenters. The van der Waals surface area contributed by atoms with Gasteiger partial charge in [0, 0.05) is 6.08 Å². The highest BCUT2D eigenvalue weighted by molar-refractivity contribution is 5.97. The molecule has 0 aliphatic rings. The van der Waals surface area contributed by atoms with Crippen LogP contribution in [-0.2, 0) is 9.59 Å². The largest absolute Gasteiger partial charge is 0.483 e. The summed E-state index contributed by atoms with van der Waals surface area (Å²) in [6.45, 7) is 5.93. The Balaban J connectivity index is 1.53. The van der Waals surface area contributed by atoms with Crippen molar-refractivity contribution in [3.05, 3.63) is 83.4 Å². The summed E-state index contributed by atoms with van der Waals surface area (Å²) in [6.07, 6.45) is 3.11. The lowest BCUT2D eigenvalue weighted by molar-refractivity contribution is -0.128. The average Bonchev–Trinajstić information content (AvgIpc) is 2.74. The lowest BCUT2D eigenvalue weighted by Crippen LogP contribution is -2.43. The Bertz CT molecular complexity index is 1080. The van der Waals surface area contributed by atoms with E-state index < -0.39 is 11.8 Å². The van der Waals surface area contributed by atoms with Gasteiger partial charge >= 0.3 is 0 Å². The van der Waals surface area contributed by atoms with Crippen molar-refractivity contribution in [1.29, 1.82) is 0 Å². The summed E-state index contributed by atoms with van der Waals surface area (Å²) in [5.41, 5.74) is 7.78. The van der Waals surface area contributed by atoms with E-state index in [1.807, 2.05) is 67.6 Å². The number of benzene rings is 3. The SMILES string of the molecule is Cc1ccc(C(C)C)c(OCC(=O)NNC(=O)/C=C/c2cccc3ccccc23)c1. The van der Waals surface area contributed by atoms with Crippen LogP contribution in [0, 0.1) is 6.92 Å². The maximum Gasteiger partial charge on any atom is 0.276 e. The average molecular weight is 402 g/mol. The minimum Gasteiger partial charge on any atom is -0.483 e. The topological polar surface area (TPSA) is 67.4 Å². The van der Waals surface area contributed by atoms with E-state index in [-0.39, 0.29) is 12.5 Å². The summed E-state index contributed by atoms with van der Waals surface area (Å²) in [5, 5.41) is 2.16. The summed E-state index contributed by atoms with van der Waals surface area (Å²) in [4.78, 5) is 24.1. The van der Waals surface area contributed by atoms with Gasteiger partial charge in [0.2, 0.25) is 0 Å². The highest BCUT2D eigenvalue weighted by atomic mass is 16.5. The van der Waals surface area contributed by atoms with Crippen molar-refractivity contribution in [2.45, 2.75) is 26.7 Å². The molecule has 3 aromatic rings. The van der Waals surface area contributed by atoms with Crippen molar-refractivity contribution < 1.29 is 14.3 Å². The third kappa shape index (κ3) is 5.47. The van der Waals surface area contributed by atoms with Gasteiger partial charge in [0.1, 0.15) is 5.75 Å². The first kappa shape index (κ1) is 21.1. The maximum absolute atomic E-state index is 12.1. The monoisotopic (exact) mass is 402 g/mol. The molecule has 3 rings (SSSR count). The van der Waals surface area contributed by atoms with Crippen molar-refractivity contribution in [3.63, 3.8) is 0 Å². The van der Waals surface area contributed by atoms with Gasteiger partial charge in [0.15, 0.2) is 6.61 Å². The van der Waals surface area contributed by atoms with E-state index in [2.05, 4.69) is 24.7 Å². The number of amides is 2. The Labute approximate surface area is 176 Å². The van der Waals surface area contributed by atoms with Gasteiger partial charge in [-0.05, 0) is 52.4 Å². The van der Waals surface area contributed by atoms with E-state index in [1.165, 1.54) is 6.08 Å². The van der Waals surface area contributed by atoms with E-state index in [4.69, 9.17) is 4.74 Å². The Kier molecular flexibility index (Phi) is 6.86. The van der Waals surface area contributed by atoms with Crippen molar-refractivity contribution in [3.8, 4) is 5.75 Å². The van der Waals surface area contributed by atoms with Crippen LogP contribution >= 0.6 is 0 Å². The second-order valence-electron chi connectivity index (χ2n) is 7.42. The lowest BCUT2D eigenvalue weighted by Gasteiger charge is -2.14. The van der Waals surface area contributed by atoms with Crippen LogP contribution in [0.1, 0.15) is 36.5 Å². The quantitative estimate of drug-likeness (QED) is 0.471. The van der Waals surface area contributed by atoms with E-state index in [0.29, 0.717) is 5.75 Å². The molecule has 0 radical (unpaired) electrons. The van der Waals surface area contributed by atoms with Crippen LogP contribution in [0.4, 0.5) is 0 Å². The number of hydrogen-bond acceptors (Lipinski definition) is 3. The molecule has 0 spiro atoms. The molecule has 5 heteroatoms. The molecule has 0 aliphatic heterocycles. The number of rotatable bonds is 6. The molecule has 0 aliphatic carbocycles. The Morgan fingerprint density at radius 2 is 1.77 bits per heavy atom. The van der Waals surface area contributed by atoms with Crippen molar-refractivity contribution in [2.24, 2.45) is 0 Å². The molecule has 0 bridgehead atoms. The molecule has 154 valence electrons. The molecule has 30 heavy (non-hydrogen) atoms. The van der Waals surface area contributed by atoms with Gasteiger partial charge in [-0.2, -0.15) is 0 Å². The number of hydrazine groups is 1. The van der Waals surface area contributed by atoms with Gasteiger partial charge in [-0.15, -0.1) is 0 Å². The van der Waals surface area contributed by atoms with Gasteiger partial charge in [-0.3, -0.25) is 20.4 Å². The molecule has 5 nitrogen and oxygen atoms in total. The zero-order chi connectivity index (χ0) is 21.5. The maximum atomic E-state index is 12.1. The van der Waals surface area contributed by atoms with Crippen LogP contribution in [0.2, 0.25) is 0 Å². The van der Waals surface area contributed by atoms with E-state index in [9.17, 15) is 9.59 Å². The fourth-order valence-electron chi connectivity index (χ4n) is 3.16. The molecule has 0 aromatic heterocycles. The lowest BCUT2D eigenvalue weighted by atomic mass is 10.0. The van der Waals surface area contributed by atoms with Crippen LogP contribution in [0.3, 0.4) is 0 Å². The smallest absolute Gasteiger partial charge is 0.276 e. The Hall–Kier alpha value is -3.60. The molecule has 0 heterocycles. The predicted molar refractivity (Wildman–Crippen MR) is 120 cm³/mol. The van der Waals surface area contributed by atoms with Crippen molar-refractivity contribution >= 4 is 28.7 Å². The molecular weight excluding hydrogens is 376 g/mol. The fraction of sp³-hybridized carbons (Fsp3) is 0.200. The Morgan fingerprint density at radius 3 is 2.57 bits per heavy atom. The van der Waals surface area contributed by atoms with Crippen LogP contribution in [0.5, 0.6) is 5.75 Å². The van der Waals surface area contributed by atoms with Crippen LogP contribution in [0.25, 0.3) is 16.8 Å². The normalized spacial score (nSPS) is 11.1. The zero-order valence-electron chi connectivity index (χ0n) is 17.4. The van der Waals surface area contributed by atoms with Crippen LogP contribution < -0.4 is 15.6 Å². The van der Waals surface area contributed by atoms with E-state index in [0.717, 1.165) is 27.5 Å². The molecule has 3 aromatic carbocycles. The van der Waals surface area contributed by atoms with Crippen LogP contribution in [-0.4, -0.2) is 18.4 Å². The molecule has 0 fully saturated rings. The van der Waals surface area contributed by atoms with E-state index in [1.54, 1.807) is 6.08 Å². The van der Waals surface area contributed by atoms with Crippen molar-refractivity contribution in [1.82, 2.24) is 10.9 Å². The highest BCUT2D eigenvalue weighted by Gasteiger charge is 2.10. The minimum absolute atomic E-state index is 0.184. The summed E-state index contributed by atoms with van der Waals surface area (Å²) >= 11 is 0. The molecule has 0 saturated heterocycles. The van der Waals surface area contributed by atoms with Gasteiger partial charge in [0.05, 0.1) is 0 Å². The summed E-state index contributed by atoms with van der Waals surface area (Å²) in [7, 11) is 0. The first-order chi connectivity index (χ1) is 14.4. The molecule has 2 N–H and O–H groups in total. The van der Waals surface area contributed by atoms with Gasteiger partial charge in [-0.1, -0.05) is 68.4 Å². The highest BCUT2D eigenvalue weighted by Crippen LogP contribution is 2.27. The van der Waals surface area contributed by atoms with Crippen LogP contribution in [0.15, 0.2) is 66.7 Å². The first-order valence-corrected chi connectivity index (χ1v) is 9.92. The second-order valence-corrected chi connectivity index (χ2v) is 7.42. The molecule has 0 unspecified atom stereocenters. The molecular formula is C25H26N2O3. The third-order valence-electron chi connectivity index (χ3n) is 4.71. The fourth-order valence-corrected chi connectivity index (χ4v) is 3.16. The number of aryl methyl sites for hydroxylation is 1. The standard InChI is InChI=1S/C25H26N2O3/c1-17(2)21-13-11-18(3)15-23(21)30-16-25(29)27-26-24(28)14-12-20-9-6-8-19-7-4-5-10-22(19)20/h4-15,17H,16H2,1-3H3,(H,26,28)(H,27,29)/b14-12+. The third-order valence-corrected chi connectivity index (χ3v) is 4.71. The minimum atomic E-state index is -0.432.